The molecule has 3 nitrogen and oxygen atoms in total. The van der Waals surface area contributed by atoms with Crippen LogP contribution < -0.4 is 10.6 Å². The predicted molar refractivity (Wildman–Crippen MR) is 80.1 cm³/mol. The van der Waals surface area contributed by atoms with Crippen LogP contribution in [0.1, 0.15) is 44.9 Å². The number of nitrogens with zero attached hydrogens (tertiary/aromatic N) is 1. The molecule has 1 fully saturated rings. The van der Waals surface area contributed by atoms with Crippen LogP contribution in [0.5, 0.6) is 0 Å². The standard InChI is InChI=1S/C16H24N2O/c1-18(15-11-9-14(17)10-12-15)16(19)13-7-5-3-2-4-6-8-13/h9-13H,2-8,17H2,1H3. The highest BCUT2D eigenvalue weighted by atomic mass is 16.2. The summed E-state index contributed by atoms with van der Waals surface area (Å²) in [5.41, 5.74) is 7.34. The number of nitrogens with two attached hydrogens (primary N) is 1. The van der Waals surface area contributed by atoms with E-state index in [0.717, 1.165) is 24.2 Å². The molecule has 0 spiro atoms. The Balaban J connectivity index is 2.02. The van der Waals surface area contributed by atoms with Gasteiger partial charge in [0, 0.05) is 24.3 Å². The predicted octanol–water partition coefficient (Wildman–Crippen LogP) is 3.59. The fourth-order valence-corrected chi connectivity index (χ4v) is 2.80. The lowest BCUT2D eigenvalue weighted by atomic mass is 9.90. The maximum Gasteiger partial charge on any atom is 0.229 e. The molecule has 0 saturated heterocycles. The molecule has 0 aliphatic heterocycles. The van der Waals surface area contributed by atoms with Gasteiger partial charge in [0.1, 0.15) is 0 Å². The summed E-state index contributed by atoms with van der Waals surface area (Å²) in [6.07, 6.45) is 8.33. The van der Waals surface area contributed by atoms with E-state index < -0.39 is 0 Å². The highest BCUT2D eigenvalue weighted by Crippen LogP contribution is 2.26. The van der Waals surface area contributed by atoms with E-state index in [2.05, 4.69) is 0 Å². The first-order valence-electron chi connectivity index (χ1n) is 7.31. The largest absolute Gasteiger partial charge is 0.399 e. The third-order valence-electron chi connectivity index (χ3n) is 4.07. The molecule has 1 aromatic rings. The molecule has 3 heteroatoms. The van der Waals surface area contributed by atoms with E-state index in [-0.39, 0.29) is 11.8 Å². The van der Waals surface area contributed by atoms with Gasteiger partial charge in [-0.3, -0.25) is 4.79 Å². The fourth-order valence-electron chi connectivity index (χ4n) is 2.80. The number of hydrogen-bond acceptors (Lipinski definition) is 2. The van der Waals surface area contributed by atoms with Crippen LogP contribution in [0.4, 0.5) is 11.4 Å². The van der Waals surface area contributed by atoms with Gasteiger partial charge in [0.2, 0.25) is 5.91 Å². The Labute approximate surface area is 115 Å². The Morgan fingerprint density at radius 3 is 2.16 bits per heavy atom. The second-order valence-electron chi connectivity index (χ2n) is 5.53. The Hall–Kier alpha value is -1.51. The minimum absolute atomic E-state index is 0.197. The Kier molecular flexibility index (Phi) is 4.83. The summed E-state index contributed by atoms with van der Waals surface area (Å²) >= 11 is 0. The van der Waals surface area contributed by atoms with Gasteiger partial charge in [-0.2, -0.15) is 0 Å². The highest BCUT2D eigenvalue weighted by Gasteiger charge is 2.23. The van der Waals surface area contributed by atoms with Crippen LogP contribution in [-0.4, -0.2) is 13.0 Å². The summed E-state index contributed by atoms with van der Waals surface area (Å²) in [5, 5.41) is 0. The van der Waals surface area contributed by atoms with Gasteiger partial charge >= 0.3 is 0 Å². The second kappa shape index (κ2) is 6.60. The van der Waals surface area contributed by atoms with Gasteiger partial charge in [-0.1, -0.05) is 32.1 Å². The van der Waals surface area contributed by atoms with Gasteiger partial charge < -0.3 is 10.6 Å². The van der Waals surface area contributed by atoms with Crippen LogP contribution in [0.3, 0.4) is 0 Å². The van der Waals surface area contributed by atoms with Crippen LogP contribution >= 0.6 is 0 Å². The molecule has 0 atom stereocenters. The topological polar surface area (TPSA) is 46.3 Å². The third kappa shape index (κ3) is 3.72. The van der Waals surface area contributed by atoms with Crippen molar-refractivity contribution in [1.82, 2.24) is 0 Å². The molecule has 0 heterocycles. The average molecular weight is 260 g/mol. The monoisotopic (exact) mass is 260 g/mol. The zero-order valence-electron chi connectivity index (χ0n) is 11.8. The van der Waals surface area contributed by atoms with Crippen LogP contribution in [0, 0.1) is 5.92 Å². The molecule has 19 heavy (non-hydrogen) atoms. The van der Waals surface area contributed by atoms with Crippen molar-refractivity contribution in [2.24, 2.45) is 5.92 Å². The highest BCUT2D eigenvalue weighted by molar-refractivity contribution is 5.94. The van der Waals surface area contributed by atoms with Crippen molar-refractivity contribution in [2.75, 3.05) is 17.7 Å². The van der Waals surface area contributed by atoms with Crippen molar-refractivity contribution in [2.45, 2.75) is 44.9 Å². The van der Waals surface area contributed by atoms with Gasteiger partial charge in [-0.25, -0.2) is 0 Å². The number of nitrogen functional groups attached to an aromatic ring is 1. The van der Waals surface area contributed by atoms with Crippen molar-refractivity contribution in [3.8, 4) is 0 Å². The van der Waals surface area contributed by atoms with Gasteiger partial charge in [-0.05, 0) is 37.1 Å². The minimum atomic E-state index is 0.197. The number of anilines is 2. The molecule has 1 aliphatic carbocycles. The number of hydrogen-bond donors (Lipinski definition) is 1. The molecule has 0 radical (unpaired) electrons. The molecule has 1 amide bonds. The molecule has 2 N–H and O–H groups in total. The lowest BCUT2D eigenvalue weighted by Gasteiger charge is -2.25. The normalized spacial score (nSPS) is 17.5. The van der Waals surface area contributed by atoms with Crippen molar-refractivity contribution in [1.29, 1.82) is 0 Å². The zero-order chi connectivity index (χ0) is 13.7. The molecule has 104 valence electrons. The summed E-state index contributed by atoms with van der Waals surface area (Å²) in [6, 6.07) is 7.51. The molecular weight excluding hydrogens is 236 g/mol. The van der Waals surface area contributed by atoms with Crippen LogP contribution in [0.15, 0.2) is 24.3 Å². The SMILES string of the molecule is CN(C(=O)C1CCCCCCC1)c1ccc(N)cc1. The van der Waals surface area contributed by atoms with Crippen LogP contribution in [0.2, 0.25) is 0 Å². The van der Waals surface area contributed by atoms with Crippen molar-refractivity contribution >= 4 is 17.3 Å². The lowest BCUT2D eigenvalue weighted by Crippen LogP contribution is -2.33. The lowest BCUT2D eigenvalue weighted by molar-refractivity contribution is -0.122. The van der Waals surface area contributed by atoms with Crippen molar-refractivity contribution in [3.63, 3.8) is 0 Å². The molecule has 1 saturated carbocycles. The number of amides is 1. The maximum atomic E-state index is 12.5. The maximum absolute atomic E-state index is 12.5. The van der Waals surface area contributed by atoms with Crippen LogP contribution in [0.25, 0.3) is 0 Å². The zero-order valence-corrected chi connectivity index (χ0v) is 11.8. The molecule has 0 aromatic heterocycles. The van der Waals surface area contributed by atoms with E-state index in [1.54, 1.807) is 4.90 Å². The smallest absolute Gasteiger partial charge is 0.229 e. The van der Waals surface area contributed by atoms with Crippen molar-refractivity contribution in [3.05, 3.63) is 24.3 Å². The second-order valence-corrected chi connectivity index (χ2v) is 5.53. The first-order valence-corrected chi connectivity index (χ1v) is 7.31. The Morgan fingerprint density at radius 2 is 1.58 bits per heavy atom. The summed E-state index contributed by atoms with van der Waals surface area (Å²) < 4.78 is 0. The summed E-state index contributed by atoms with van der Waals surface area (Å²) in [6.45, 7) is 0. The number of rotatable bonds is 2. The molecule has 0 unspecified atom stereocenters. The molecule has 1 aromatic carbocycles. The molecule has 0 bridgehead atoms. The summed E-state index contributed by atoms with van der Waals surface area (Å²) in [5.74, 6) is 0.453. The average Bonchev–Trinajstić information content (AvgIpc) is 2.38. The van der Waals surface area contributed by atoms with E-state index in [0.29, 0.717) is 0 Å². The van der Waals surface area contributed by atoms with Gasteiger partial charge in [0.05, 0.1) is 0 Å². The van der Waals surface area contributed by atoms with Gasteiger partial charge in [0.25, 0.3) is 0 Å². The summed E-state index contributed by atoms with van der Waals surface area (Å²) in [7, 11) is 1.87. The first-order chi connectivity index (χ1) is 9.18. The molecule has 2 rings (SSSR count). The van der Waals surface area contributed by atoms with E-state index in [1.807, 2.05) is 31.3 Å². The Bertz CT molecular complexity index is 405. The molecule has 1 aliphatic rings. The summed E-state index contributed by atoms with van der Waals surface area (Å²) in [4.78, 5) is 14.3. The number of benzene rings is 1. The van der Waals surface area contributed by atoms with Gasteiger partial charge in [-0.15, -0.1) is 0 Å². The van der Waals surface area contributed by atoms with Crippen molar-refractivity contribution < 1.29 is 4.79 Å². The van der Waals surface area contributed by atoms with E-state index in [1.165, 1.54) is 32.1 Å². The quantitative estimate of drug-likeness (QED) is 0.826. The third-order valence-corrected chi connectivity index (χ3v) is 4.07. The fraction of sp³-hybridized carbons (Fsp3) is 0.562. The van der Waals surface area contributed by atoms with Crippen LogP contribution in [-0.2, 0) is 4.79 Å². The molecular formula is C16H24N2O. The van der Waals surface area contributed by atoms with E-state index in [9.17, 15) is 4.79 Å². The number of carbonyl (C=O) groups is 1. The minimum Gasteiger partial charge on any atom is -0.399 e. The van der Waals surface area contributed by atoms with Gasteiger partial charge in [0.15, 0.2) is 0 Å². The van der Waals surface area contributed by atoms with E-state index >= 15 is 0 Å². The van der Waals surface area contributed by atoms with E-state index in [4.69, 9.17) is 5.73 Å². The first kappa shape index (κ1) is 13.9. The number of carbonyl (C=O) groups excluding carboxylic acids is 1. The Morgan fingerprint density at radius 1 is 1.05 bits per heavy atom.